The van der Waals surface area contributed by atoms with E-state index in [1.54, 1.807) is 24.3 Å². The molecule has 1 aliphatic heterocycles. The van der Waals surface area contributed by atoms with Gasteiger partial charge in [0.05, 0.1) is 7.11 Å². The number of hydrogen-bond acceptors (Lipinski definition) is 5. The molecule has 2 rings (SSSR count). The number of amides is 4. The molecule has 1 fully saturated rings. The fourth-order valence-corrected chi connectivity index (χ4v) is 2.45. The van der Waals surface area contributed by atoms with E-state index < -0.39 is 41.9 Å². The van der Waals surface area contributed by atoms with Crippen molar-refractivity contribution in [2.75, 3.05) is 13.7 Å². The van der Waals surface area contributed by atoms with Crippen LogP contribution in [0.2, 0.25) is 0 Å². The van der Waals surface area contributed by atoms with Gasteiger partial charge in [0.2, 0.25) is 5.91 Å². The molecule has 25 heavy (non-hydrogen) atoms. The van der Waals surface area contributed by atoms with Crippen LogP contribution in [0.25, 0.3) is 0 Å². The Bertz CT molecular complexity index is 717. The standard InChI is InChI=1S/C16H19N3O6/c1-9(13(21)22)17-12(20)8-19-14(23)16(2,18-15(19)24)10-4-6-11(25-3)7-5-10/h4-7,9H,8H2,1-3H3,(H,17,20)(H,18,24)(H,21,22)/t9-,16?/m1/s1. The summed E-state index contributed by atoms with van der Waals surface area (Å²) in [5, 5.41) is 13.6. The van der Waals surface area contributed by atoms with Gasteiger partial charge in [0.25, 0.3) is 5.91 Å². The van der Waals surface area contributed by atoms with Crippen molar-refractivity contribution >= 4 is 23.8 Å². The number of carbonyl (C=O) groups is 4. The monoisotopic (exact) mass is 349 g/mol. The van der Waals surface area contributed by atoms with Crippen LogP contribution in [0.3, 0.4) is 0 Å². The summed E-state index contributed by atoms with van der Waals surface area (Å²) in [6, 6.07) is 4.76. The Labute approximate surface area is 143 Å². The summed E-state index contributed by atoms with van der Waals surface area (Å²) in [4.78, 5) is 48.2. The third-order valence-corrected chi connectivity index (χ3v) is 3.99. The Hall–Kier alpha value is -3.10. The number of benzene rings is 1. The van der Waals surface area contributed by atoms with E-state index in [2.05, 4.69) is 10.6 Å². The van der Waals surface area contributed by atoms with Crippen molar-refractivity contribution in [3.05, 3.63) is 29.8 Å². The summed E-state index contributed by atoms with van der Waals surface area (Å²) >= 11 is 0. The minimum absolute atomic E-state index is 0.536. The maximum atomic E-state index is 12.7. The molecule has 3 N–H and O–H groups in total. The molecule has 4 amide bonds. The number of rotatable bonds is 6. The topological polar surface area (TPSA) is 125 Å². The van der Waals surface area contributed by atoms with Crippen LogP contribution in [-0.4, -0.2) is 53.5 Å². The minimum atomic E-state index is -1.32. The molecule has 1 unspecified atom stereocenters. The van der Waals surface area contributed by atoms with Gasteiger partial charge in [-0.15, -0.1) is 0 Å². The van der Waals surface area contributed by atoms with Crippen molar-refractivity contribution in [3.8, 4) is 5.75 Å². The van der Waals surface area contributed by atoms with E-state index in [1.165, 1.54) is 21.0 Å². The van der Waals surface area contributed by atoms with E-state index in [0.717, 1.165) is 4.90 Å². The number of ether oxygens (including phenoxy) is 1. The lowest BCUT2D eigenvalue weighted by Crippen LogP contribution is -2.46. The zero-order chi connectivity index (χ0) is 18.8. The number of carboxylic acid groups (broad SMARTS) is 1. The lowest BCUT2D eigenvalue weighted by Gasteiger charge is -2.22. The van der Waals surface area contributed by atoms with E-state index in [4.69, 9.17) is 9.84 Å². The van der Waals surface area contributed by atoms with Crippen molar-refractivity contribution in [2.24, 2.45) is 0 Å². The van der Waals surface area contributed by atoms with Gasteiger partial charge in [-0.25, -0.2) is 4.79 Å². The van der Waals surface area contributed by atoms with Crippen molar-refractivity contribution in [1.82, 2.24) is 15.5 Å². The summed E-state index contributed by atoms with van der Waals surface area (Å²) in [7, 11) is 1.51. The van der Waals surface area contributed by atoms with Gasteiger partial charge in [0, 0.05) is 0 Å². The quantitative estimate of drug-likeness (QED) is 0.623. The first kappa shape index (κ1) is 18.2. The van der Waals surface area contributed by atoms with Crippen LogP contribution in [0, 0.1) is 0 Å². The van der Waals surface area contributed by atoms with Crippen LogP contribution in [0.5, 0.6) is 5.75 Å². The fraction of sp³-hybridized carbons (Fsp3) is 0.375. The fourth-order valence-electron chi connectivity index (χ4n) is 2.45. The van der Waals surface area contributed by atoms with Gasteiger partial charge in [0.15, 0.2) is 0 Å². The molecule has 0 radical (unpaired) electrons. The number of nitrogens with one attached hydrogen (secondary N) is 2. The summed E-state index contributed by atoms with van der Waals surface area (Å²) < 4.78 is 5.06. The Balaban J connectivity index is 2.15. The lowest BCUT2D eigenvalue weighted by atomic mass is 9.92. The van der Waals surface area contributed by atoms with Gasteiger partial charge in [-0.3, -0.25) is 19.3 Å². The predicted octanol–water partition coefficient (Wildman–Crippen LogP) is 0.0515. The lowest BCUT2D eigenvalue weighted by molar-refractivity contribution is -0.141. The minimum Gasteiger partial charge on any atom is -0.497 e. The molecule has 0 aromatic heterocycles. The van der Waals surface area contributed by atoms with Crippen LogP contribution in [0.15, 0.2) is 24.3 Å². The number of carboxylic acids is 1. The molecule has 0 aliphatic carbocycles. The molecule has 1 saturated heterocycles. The second-order valence-electron chi connectivity index (χ2n) is 5.80. The Morgan fingerprint density at radius 1 is 1.32 bits per heavy atom. The second-order valence-corrected chi connectivity index (χ2v) is 5.80. The third-order valence-electron chi connectivity index (χ3n) is 3.99. The third kappa shape index (κ3) is 3.54. The first-order valence-electron chi connectivity index (χ1n) is 7.50. The van der Waals surface area contributed by atoms with Crippen LogP contribution in [0.1, 0.15) is 19.4 Å². The van der Waals surface area contributed by atoms with Crippen LogP contribution in [0.4, 0.5) is 4.79 Å². The van der Waals surface area contributed by atoms with Crippen molar-refractivity contribution in [1.29, 1.82) is 0 Å². The molecular weight excluding hydrogens is 330 g/mol. The Morgan fingerprint density at radius 3 is 2.44 bits per heavy atom. The molecule has 2 atom stereocenters. The van der Waals surface area contributed by atoms with Gasteiger partial charge >= 0.3 is 12.0 Å². The molecule has 9 nitrogen and oxygen atoms in total. The number of methoxy groups -OCH3 is 1. The average Bonchev–Trinajstić information content (AvgIpc) is 2.79. The highest BCUT2D eigenvalue weighted by molar-refractivity contribution is 6.09. The molecule has 0 bridgehead atoms. The number of nitrogens with zero attached hydrogens (tertiary/aromatic N) is 1. The number of urea groups is 1. The first-order valence-corrected chi connectivity index (χ1v) is 7.50. The summed E-state index contributed by atoms with van der Waals surface area (Å²) in [5.41, 5.74) is -0.782. The molecule has 1 aliphatic rings. The normalized spacial score (nSPS) is 20.8. The molecule has 0 saturated carbocycles. The van der Waals surface area contributed by atoms with Crippen molar-refractivity contribution < 1.29 is 29.0 Å². The summed E-state index contributed by atoms with van der Waals surface area (Å²) in [6.45, 7) is 2.26. The van der Waals surface area contributed by atoms with Gasteiger partial charge in [-0.1, -0.05) is 12.1 Å². The van der Waals surface area contributed by atoms with Crippen LogP contribution >= 0.6 is 0 Å². The number of carbonyl (C=O) groups excluding carboxylic acids is 3. The molecule has 1 heterocycles. The zero-order valence-electron chi connectivity index (χ0n) is 14.0. The maximum Gasteiger partial charge on any atom is 0.325 e. The summed E-state index contributed by atoms with van der Waals surface area (Å²) in [5.74, 6) is -1.95. The second kappa shape index (κ2) is 6.80. The largest absolute Gasteiger partial charge is 0.497 e. The number of imide groups is 1. The number of aliphatic carboxylic acids is 1. The zero-order valence-corrected chi connectivity index (χ0v) is 14.0. The van der Waals surface area contributed by atoms with Gasteiger partial charge < -0.3 is 20.5 Å². The first-order chi connectivity index (χ1) is 11.7. The van der Waals surface area contributed by atoms with E-state index >= 15 is 0 Å². The smallest absolute Gasteiger partial charge is 0.325 e. The van der Waals surface area contributed by atoms with E-state index in [0.29, 0.717) is 11.3 Å². The molecule has 134 valence electrons. The molecular formula is C16H19N3O6. The molecule has 9 heteroatoms. The Kier molecular flexibility index (Phi) is 4.96. The van der Waals surface area contributed by atoms with Gasteiger partial charge in [0.1, 0.15) is 23.9 Å². The van der Waals surface area contributed by atoms with Crippen LogP contribution in [-0.2, 0) is 19.9 Å². The van der Waals surface area contributed by atoms with Gasteiger partial charge in [-0.05, 0) is 31.5 Å². The average molecular weight is 349 g/mol. The van der Waals surface area contributed by atoms with E-state index in [-0.39, 0.29) is 0 Å². The number of hydrogen-bond donors (Lipinski definition) is 3. The van der Waals surface area contributed by atoms with Crippen molar-refractivity contribution in [3.63, 3.8) is 0 Å². The van der Waals surface area contributed by atoms with Gasteiger partial charge in [-0.2, -0.15) is 0 Å². The maximum absolute atomic E-state index is 12.7. The molecule has 1 aromatic rings. The van der Waals surface area contributed by atoms with Crippen molar-refractivity contribution in [2.45, 2.75) is 25.4 Å². The van der Waals surface area contributed by atoms with E-state index in [9.17, 15) is 19.2 Å². The molecule has 0 spiro atoms. The predicted molar refractivity (Wildman–Crippen MR) is 85.8 cm³/mol. The summed E-state index contributed by atoms with van der Waals surface area (Å²) in [6.07, 6.45) is 0. The van der Waals surface area contributed by atoms with E-state index in [1.807, 2.05) is 0 Å². The Morgan fingerprint density at radius 2 is 1.92 bits per heavy atom. The molecule has 1 aromatic carbocycles. The highest BCUT2D eigenvalue weighted by Crippen LogP contribution is 2.29. The highest BCUT2D eigenvalue weighted by atomic mass is 16.5. The SMILES string of the molecule is COc1ccc(C2(C)NC(=O)N(CC(=O)N[C@H](C)C(=O)O)C2=O)cc1. The highest BCUT2D eigenvalue weighted by Gasteiger charge is 2.49. The van der Waals surface area contributed by atoms with Crippen LogP contribution < -0.4 is 15.4 Å².